The van der Waals surface area contributed by atoms with Crippen molar-refractivity contribution in [2.75, 3.05) is 13.1 Å². The average Bonchev–Trinajstić information content (AvgIpc) is 3.95. The third kappa shape index (κ3) is 16.9. The highest BCUT2D eigenvalue weighted by molar-refractivity contribution is 5.98. The van der Waals surface area contributed by atoms with Crippen molar-refractivity contribution in [3.8, 4) is 11.5 Å². The van der Waals surface area contributed by atoms with Gasteiger partial charge >= 0.3 is 11.9 Å². The Bertz CT molecular complexity index is 2670. The maximum atomic E-state index is 15.3. The minimum Gasteiger partial charge on any atom is -0.508 e. The summed E-state index contributed by atoms with van der Waals surface area (Å²) in [7, 11) is 0. The van der Waals surface area contributed by atoms with E-state index in [-0.39, 0.29) is 75.6 Å². The van der Waals surface area contributed by atoms with Gasteiger partial charge in [-0.15, -0.1) is 0 Å². The summed E-state index contributed by atoms with van der Waals surface area (Å²) in [5, 5.41) is 53.2. The fraction of sp³-hybridized carbons (Fsp3) is 0.481. The number of nitrogens with two attached hydrogens (primary N) is 3. The number of aliphatic carboxylic acids is 2. The summed E-state index contributed by atoms with van der Waals surface area (Å²) >= 11 is 0. The number of aliphatic imine (C=N–C) groups is 1. The first kappa shape index (κ1) is 60.6. The van der Waals surface area contributed by atoms with Gasteiger partial charge in [-0.1, -0.05) is 82.6 Å². The van der Waals surface area contributed by atoms with E-state index >= 15 is 4.79 Å². The molecule has 7 amide bonds. The minimum atomic E-state index is -1.52. The zero-order chi connectivity index (χ0) is 57.4. The van der Waals surface area contributed by atoms with Crippen LogP contribution >= 0.6 is 0 Å². The van der Waals surface area contributed by atoms with Crippen molar-refractivity contribution < 1.29 is 63.6 Å². The Morgan fingerprint density at radius 3 is 1.94 bits per heavy atom. The zero-order valence-electron chi connectivity index (χ0n) is 44.2. The minimum absolute atomic E-state index is 0.00937. The van der Waals surface area contributed by atoms with Crippen molar-refractivity contribution in [3.63, 3.8) is 0 Å². The molecule has 3 aromatic carbocycles. The number of carboxylic acid groups (broad SMARTS) is 2. The number of hydrogen-bond acceptors (Lipinski definition) is 13. The number of likely N-dealkylation sites (tertiary alicyclic amines) is 1. The molecule has 9 atom stereocenters. The first-order valence-electron chi connectivity index (χ1n) is 26.0. The van der Waals surface area contributed by atoms with Crippen molar-refractivity contribution in [2.45, 2.75) is 140 Å². The van der Waals surface area contributed by atoms with Gasteiger partial charge in [0.05, 0.1) is 12.5 Å². The van der Waals surface area contributed by atoms with Crippen LogP contribution in [0, 0.1) is 11.8 Å². The van der Waals surface area contributed by atoms with Gasteiger partial charge in [0.2, 0.25) is 41.4 Å². The number of phenolic OH excluding ortho intramolecular Hbond substituents is 2. The number of carbonyl (C=O) groups is 9. The van der Waals surface area contributed by atoms with Crippen molar-refractivity contribution in [2.24, 2.45) is 34.0 Å². The van der Waals surface area contributed by atoms with Gasteiger partial charge in [0.25, 0.3) is 0 Å². The predicted octanol–water partition coefficient (Wildman–Crippen LogP) is -0.106. The molecule has 2 heterocycles. The molecule has 0 aliphatic carbocycles. The Morgan fingerprint density at radius 1 is 0.692 bits per heavy atom. The summed E-state index contributed by atoms with van der Waals surface area (Å²) < 4.78 is 0. The lowest BCUT2D eigenvalue weighted by Crippen LogP contribution is -2.63. The second-order valence-corrected chi connectivity index (χ2v) is 20.2. The van der Waals surface area contributed by atoms with E-state index in [4.69, 9.17) is 17.2 Å². The Morgan fingerprint density at radius 2 is 1.31 bits per heavy atom. The van der Waals surface area contributed by atoms with E-state index in [0.29, 0.717) is 35.1 Å². The van der Waals surface area contributed by atoms with Crippen LogP contribution in [0.2, 0.25) is 0 Å². The van der Waals surface area contributed by atoms with Gasteiger partial charge in [-0.05, 0) is 84.0 Å². The Kier molecular flexibility index (Phi) is 21.9. The molecule has 422 valence electrons. The van der Waals surface area contributed by atoms with Crippen LogP contribution in [0.3, 0.4) is 0 Å². The van der Waals surface area contributed by atoms with Crippen molar-refractivity contribution >= 4 is 59.2 Å². The lowest BCUT2D eigenvalue weighted by Gasteiger charge is -2.41. The van der Waals surface area contributed by atoms with Crippen LogP contribution in [0.5, 0.6) is 11.5 Å². The largest absolute Gasteiger partial charge is 0.508 e. The molecule has 24 nitrogen and oxygen atoms in total. The Labute approximate surface area is 451 Å². The van der Waals surface area contributed by atoms with E-state index in [1.54, 1.807) is 64.1 Å². The number of phenols is 2. The third-order valence-corrected chi connectivity index (χ3v) is 14.0. The molecule has 1 saturated heterocycles. The fourth-order valence-electron chi connectivity index (χ4n) is 9.41. The van der Waals surface area contributed by atoms with Crippen LogP contribution in [0.4, 0.5) is 0 Å². The highest BCUT2D eigenvalue weighted by Crippen LogP contribution is 2.31. The molecule has 0 bridgehead atoms. The fourth-order valence-corrected chi connectivity index (χ4v) is 9.41. The van der Waals surface area contributed by atoms with Gasteiger partial charge < -0.3 is 74.0 Å². The quantitative estimate of drug-likeness (QED) is 0.0284. The van der Waals surface area contributed by atoms with Crippen LogP contribution in [0.1, 0.15) is 88.5 Å². The number of fused-ring (bicyclic) bond motifs is 1. The molecule has 0 aromatic heterocycles. The van der Waals surface area contributed by atoms with Gasteiger partial charge in [0.1, 0.15) is 53.8 Å². The molecule has 15 N–H and O–H groups in total. The molecule has 24 heteroatoms. The molecule has 5 rings (SSSR count). The summed E-state index contributed by atoms with van der Waals surface area (Å²) in [4.78, 5) is 131. The summed E-state index contributed by atoms with van der Waals surface area (Å²) in [6.45, 7) is 6.81. The number of hydrogen-bond donors (Lipinski definition) is 12. The molecule has 0 saturated carbocycles. The smallest absolute Gasteiger partial charge is 0.326 e. The average molecular weight is 1080 g/mol. The number of guanidine groups is 1. The van der Waals surface area contributed by atoms with Gasteiger partial charge in [0, 0.05) is 38.9 Å². The van der Waals surface area contributed by atoms with E-state index < -0.39 is 120 Å². The molecule has 2 aliphatic heterocycles. The number of benzene rings is 3. The zero-order valence-corrected chi connectivity index (χ0v) is 44.2. The van der Waals surface area contributed by atoms with Gasteiger partial charge in [-0.25, -0.2) is 4.79 Å². The van der Waals surface area contributed by atoms with Crippen LogP contribution < -0.4 is 43.8 Å². The molecule has 1 fully saturated rings. The van der Waals surface area contributed by atoms with E-state index in [2.05, 4.69) is 31.6 Å². The molecular formula is C54H73N11O13. The second kappa shape index (κ2) is 28.2. The van der Waals surface area contributed by atoms with Crippen LogP contribution in [0.25, 0.3) is 0 Å². The molecule has 3 aromatic rings. The summed E-state index contributed by atoms with van der Waals surface area (Å²) in [6.07, 6.45) is 0.0588. The number of carboxylic acids is 2. The molecule has 78 heavy (non-hydrogen) atoms. The normalized spacial score (nSPS) is 17.6. The Balaban J connectivity index is 1.43. The van der Waals surface area contributed by atoms with Crippen LogP contribution in [0.15, 0.2) is 77.8 Å². The monoisotopic (exact) mass is 1080 g/mol. The van der Waals surface area contributed by atoms with Crippen molar-refractivity contribution in [1.82, 2.24) is 36.4 Å². The maximum Gasteiger partial charge on any atom is 0.326 e. The van der Waals surface area contributed by atoms with Gasteiger partial charge in [-0.3, -0.25) is 43.3 Å². The number of aromatic hydroxyl groups is 2. The number of nitrogens with one attached hydrogen (secondary N) is 5. The van der Waals surface area contributed by atoms with Crippen molar-refractivity contribution in [3.05, 3.63) is 95.1 Å². The topological polar surface area (TPSA) is 392 Å². The summed E-state index contributed by atoms with van der Waals surface area (Å²) in [5.41, 5.74) is 19.0. The van der Waals surface area contributed by atoms with Crippen LogP contribution in [-0.4, -0.2) is 151 Å². The molecule has 2 aliphatic rings. The molecule has 0 radical (unpaired) electrons. The van der Waals surface area contributed by atoms with Gasteiger partial charge in [-0.2, -0.15) is 0 Å². The lowest BCUT2D eigenvalue weighted by atomic mass is 9.90. The third-order valence-electron chi connectivity index (χ3n) is 14.0. The highest BCUT2D eigenvalue weighted by atomic mass is 16.4. The van der Waals surface area contributed by atoms with E-state index in [9.17, 15) is 58.8 Å². The number of carbonyl (C=O) groups excluding carboxylic acids is 7. The van der Waals surface area contributed by atoms with E-state index in [1.165, 1.54) is 46.2 Å². The predicted molar refractivity (Wildman–Crippen MR) is 285 cm³/mol. The SMILES string of the molecule is CC[C@H](C)[C@H](NC(=O)[C@H](Cc1ccc(O)cc1)NC(=O)[C@@H](NC(=O)[C@H](CCCN=C(N)N)NC(=O)[C@@H](N)CC(=O)O)C(C)C)C(=O)N1Cc2ccc(O)cc2C[C@H]1C(=O)N1CCC[C@H]1C(=O)N[C@@H](Cc1ccccc1)C(=O)O. The molecule has 0 unspecified atom stereocenters. The lowest BCUT2D eigenvalue weighted by molar-refractivity contribution is -0.152. The summed E-state index contributed by atoms with van der Waals surface area (Å²) in [5.74, 6) is -9.60. The first-order valence-corrected chi connectivity index (χ1v) is 26.0. The Hall–Kier alpha value is -8.28. The van der Waals surface area contributed by atoms with E-state index in [0.717, 1.165) is 0 Å². The first-order chi connectivity index (χ1) is 37.0. The van der Waals surface area contributed by atoms with Crippen molar-refractivity contribution in [1.29, 1.82) is 0 Å². The van der Waals surface area contributed by atoms with E-state index in [1.807, 2.05) is 0 Å². The molecule has 0 spiro atoms. The van der Waals surface area contributed by atoms with Gasteiger partial charge in [0.15, 0.2) is 5.96 Å². The number of nitrogens with zero attached hydrogens (tertiary/aromatic N) is 3. The maximum absolute atomic E-state index is 15.3. The second-order valence-electron chi connectivity index (χ2n) is 20.2. The number of amides is 7. The van der Waals surface area contributed by atoms with Crippen LogP contribution in [-0.2, 0) is 69.0 Å². The molecular weight excluding hydrogens is 1010 g/mol. The number of rotatable bonds is 26. The standard InChI is InChI=1S/C54H73N11O13/c1-5-30(4)45(52(76)65-28-33-17-20-36(67)25-34(33)26-42(65)51(75)64-22-10-14-41(64)49(73)61-40(53(77)78)24-31-11-7-6-8-12-31)63-48(72)39(23-32-15-18-35(66)19-16-32)60-50(74)44(29(2)3)62-47(71)38(13-9-21-58-54(56)57)59-46(70)37(55)27-43(68)69/h6-8,11-12,15-20,25,29-30,37-42,44-45,66-67H,5,9-10,13-14,21-24,26-28,55H2,1-4H3,(H,59,70)(H,60,74)(H,61,73)(H,62,71)(H,63,72)(H,68,69)(H,77,78)(H4,56,57,58)/t30-,37-,38-,39-,40-,41-,42-,44-,45-/m0/s1. The summed E-state index contributed by atoms with van der Waals surface area (Å²) in [6, 6.07) is 8.54. The highest BCUT2D eigenvalue weighted by Gasteiger charge is 2.45.